The highest BCUT2D eigenvalue weighted by molar-refractivity contribution is 9.10. The second-order valence-electron chi connectivity index (χ2n) is 4.89. The molecule has 0 aliphatic carbocycles. The number of halogens is 1. The SMILES string of the molecule is CCCCOC(=NS(=O)(=O)c1ccc(Br)cc1)c1ccccc1. The van der Waals surface area contributed by atoms with Gasteiger partial charge >= 0.3 is 0 Å². The van der Waals surface area contributed by atoms with Crippen LogP contribution in [0.2, 0.25) is 0 Å². The highest BCUT2D eigenvalue weighted by atomic mass is 79.9. The quantitative estimate of drug-likeness (QED) is 0.413. The molecule has 0 aromatic heterocycles. The lowest BCUT2D eigenvalue weighted by atomic mass is 10.2. The molecule has 2 aromatic rings. The minimum atomic E-state index is -3.82. The van der Waals surface area contributed by atoms with Gasteiger partial charge < -0.3 is 4.74 Å². The van der Waals surface area contributed by atoms with Crippen molar-refractivity contribution >= 4 is 31.9 Å². The molecule has 0 aliphatic heterocycles. The Balaban J connectivity index is 2.36. The maximum Gasteiger partial charge on any atom is 0.285 e. The molecule has 6 heteroatoms. The summed E-state index contributed by atoms with van der Waals surface area (Å²) in [6.07, 6.45) is 1.80. The van der Waals surface area contributed by atoms with E-state index in [0.717, 1.165) is 17.3 Å². The van der Waals surface area contributed by atoms with E-state index in [0.29, 0.717) is 12.2 Å². The Kier molecular flexibility index (Phi) is 6.36. The summed E-state index contributed by atoms with van der Waals surface area (Å²) in [7, 11) is -3.82. The van der Waals surface area contributed by atoms with Crippen molar-refractivity contribution in [1.29, 1.82) is 0 Å². The van der Waals surface area contributed by atoms with Crippen molar-refractivity contribution < 1.29 is 13.2 Å². The molecule has 0 saturated carbocycles. The van der Waals surface area contributed by atoms with Crippen LogP contribution in [-0.2, 0) is 14.8 Å². The van der Waals surface area contributed by atoms with Gasteiger partial charge in [0.2, 0.25) is 5.90 Å². The summed E-state index contributed by atoms with van der Waals surface area (Å²) in [4.78, 5) is 0.133. The lowest BCUT2D eigenvalue weighted by Crippen LogP contribution is -2.11. The Morgan fingerprint density at radius 1 is 1.09 bits per heavy atom. The van der Waals surface area contributed by atoms with Gasteiger partial charge in [-0.05, 0) is 42.8 Å². The Bertz CT molecular complexity index is 756. The second kappa shape index (κ2) is 8.26. The Labute approximate surface area is 145 Å². The first-order valence-electron chi connectivity index (χ1n) is 7.31. The molecule has 4 nitrogen and oxygen atoms in total. The molecular formula is C17H18BrNO3S. The zero-order valence-corrected chi connectivity index (χ0v) is 15.2. The third-order valence-corrected chi connectivity index (χ3v) is 4.87. The highest BCUT2D eigenvalue weighted by Crippen LogP contribution is 2.18. The van der Waals surface area contributed by atoms with E-state index in [2.05, 4.69) is 20.3 Å². The van der Waals surface area contributed by atoms with Gasteiger partial charge in [0.15, 0.2) is 0 Å². The van der Waals surface area contributed by atoms with Crippen LogP contribution in [0.15, 0.2) is 68.4 Å². The molecule has 0 saturated heterocycles. The minimum Gasteiger partial charge on any atom is -0.477 e. The van der Waals surface area contributed by atoms with Gasteiger partial charge in [0.05, 0.1) is 11.5 Å². The van der Waals surface area contributed by atoms with E-state index in [-0.39, 0.29) is 10.8 Å². The van der Waals surface area contributed by atoms with Crippen LogP contribution in [0.3, 0.4) is 0 Å². The summed E-state index contributed by atoms with van der Waals surface area (Å²) in [6.45, 7) is 2.47. The summed E-state index contributed by atoms with van der Waals surface area (Å²) in [5.41, 5.74) is 0.643. The smallest absolute Gasteiger partial charge is 0.285 e. The number of hydrogen-bond acceptors (Lipinski definition) is 3. The molecule has 23 heavy (non-hydrogen) atoms. The van der Waals surface area contributed by atoms with Gasteiger partial charge in [0, 0.05) is 10.0 Å². The van der Waals surface area contributed by atoms with Crippen LogP contribution in [0.5, 0.6) is 0 Å². The van der Waals surface area contributed by atoms with Gasteiger partial charge in [-0.2, -0.15) is 8.42 Å². The van der Waals surface area contributed by atoms with E-state index in [1.54, 1.807) is 24.3 Å². The standard InChI is InChI=1S/C17H18BrNO3S/c1-2-3-13-22-17(14-7-5-4-6-8-14)19-23(20,21)16-11-9-15(18)10-12-16/h4-12H,2-3,13H2,1H3. The molecule has 0 bridgehead atoms. The second-order valence-corrected chi connectivity index (χ2v) is 7.41. The van der Waals surface area contributed by atoms with Crippen LogP contribution < -0.4 is 0 Å². The zero-order valence-electron chi connectivity index (χ0n) is 12.8. The third-order valence-electron chi connectivity index (χ3n) is 3.07. The summed E-state index contributed by atoms with van der Waals surface area (Å²) in [5, 5.41) is 0. The molecule has 122 valence electrons. The van der Waals surface area contributed by atoms with Crippen molar-refractivity contribution in [2.24, 2.45) is 4.40 Å². The van der Waals surface area contributed by atoms with E-state index < -0.39 is 10.0 Å². The fourth-order valence-electron chi connectivity index (χ4n) is 1.82. The van der Waals surface area contributed by atoms with E-state index in [4.69, 9.17) is 4.74 Å². The first-order chi connectivity index (χ1) is 11.0. The van der Waals surface area contributed by atoms with Gasteiger partial charge in [0.1, 0.15) is 0 Å². The monoisotopic (exact) mass is 395 g/mol. The number of hydrogen-bond donors (Lipinski definition) is 0. The predicted octanol–water partition coefficient (Wildman–Crippen LogP) is 4.40. The molecule has 0 amide bonds. The average molecular weight is 396 g/mol. The largest absolute Gasteiger partial charge is 0.477 e. The molecule has 0 unspecified atom stereocenters. The van der Waals surface area contributed by atoms with E-state index in [1.165, 1.54) is 12.1 Å². The maximum atomic E-state index is 12.5. The lowest BCUT2D eigenvalue weighted by Gasteiger charge is -2.09. The van der Waals surface area contributed by atoms with Gasteiger partial charge in [-0.1, -0.05) is 47.5 Å². The van der Waals surface area contributed by atoms with Gasteiger partial charge in [-0.25, -0.2) is 0 Å². The Morgan fingerprint density at radius 2 is 1.74 bits per heavy atom. The normalized spacial score (nSPS) is 12.2. The topological polar surface area (TPSA) is 55.7 Å². The number of nitrogens with zero attached hydrogens (tertiary/aromatic N) is 1. The summed E-state index contributed by atoms with van der Waals surface area (Å²) < 4.78 is 35.3. The van der Waals surface area contributed by atoms with Crippen LogP contribution >= 0.6 is 15.9 Å². The Morgan fingerprint density at radius 3 is 2.35 bits per heavy atom. The molecule has 0 spiro atoms. The van der Waals surface area contributed by atoms with Crippen LogP contribution in [0.4, 0.5) is 0 Å². The van der Waals surface area contributed by atoms with Crippen molar-refractivity contribution in [3.8, 4) is 0 Å². The fraction of sp³-hybridized carbons (Fsp3) is 0.235. The van der Waals surface area contributed by atoms with Crippen molar-refractivity contribution in [2.45, 2.75) is 24.7 Å². The summed E-state index contributed by atoms with van der Waals surface area (Å²) in [6, 6.07) is 15.4. The van der Waals surface area contributed by atoms with E-state index in [9.17, 15) is 8.42 Å². The van der Waals surface area contributed by atoms with Crippen molar-refractivity contribution in [2.75, 3.05) is 6.61 Å². The average Bonchev–Trinajstić information content (AvgIpc) is 2.55. The molecule has 2 rings (SSSR count). The van der Waals surface area contributed by atoms with Crippen molar-refractivity contribution in [1.82, 2.24) is 0 Å². The fourth-order valence-corrected chi connectivity index (χ4v) is 3.05. The highest BCUT2D eigenvalue weighted by Gasteiger charge is 2.16. The van der Waals surface area contributed by atoms with E-state index in [1.807, 2.05) is 25.1 Å². The number of unbranched alkanes of at least 4 members (excludes halogenated alkanes) is 1. The predicted molar refractivity (Wildman–Crippen MR) is 95.2 cm³/mol. The van der Waals surface area contributed by atoms with Crippen molar-refractivity contribution in [3.63, 3.8) is 0 Å². The van der Waals surface area contributed by atoms with Gasteiger partial charge in [0.25, 0.3) is 10.0 Å². The zero-order chi connectivity index (χ0) is 16.7. The molecule has 0 aliphatic rings. The molecular weight excluding hydrogens is 378 g/mol. The maximum absolute atomic E-state index is 12.5. The molecule has 0 atom stereocenters. The number of sulfonamides is 1. The first-order valence-corrected chi connectivity index (χ1v) is 9.55. The molecule has 2 aromatic carbocycles. The molecule has 0 radical (unpaired) electrons. The summed E-state index contributed by atoms with van der Waals surface area (Å²) >= 11 is 3.29. The van der Waals surface area contributed by atoms with Crippen LogP contribution in [-0.4, -0.2) is 20.9 Å². The number of benzene rings is 2. The number of ether oxygens (including phenoxy) is 1. The Hall–Kier alpha value is -1.66. The molecule has 0 fully saturated rings. The summed E-state index contributed by atoms with van der Waals surface area (Å²) in [5.74, 6) is 0.127. The van der Waals surface area contributed by atoms with Gasteiger partial charge in [-0.3, -0.25) is 0 Å². The van der Waals surface area contributed by atoms with Gasteiger partial charge in [-0.15, -0.1) is 4.40 Å². The van der Waals surface area contributed by atoms with E-state index >= 15 is 0 Å². The molecule has 0 heterocycles. The number of rotatable bonds is 6. The minimum absolute atomic E-state index is 0.127. The molecule has 0 N–H and O–H groups in total. The van der Waals surface area contributed by atoms with Crippen LogP contribution in [0.25, 0.3) is 0 Å². The lowest BCUT2D eigenvalue weighted by molar-refractivity contribution is 0.298. The van der Waals surface area contributed by atoms with Crippen LogP contribution in [0.1, 0.15) is 25.3 Å². The van der Waals surface area contributed by atoms with Crippen LogP contribution in [0, 0.1) is 0 Å². The third kappa shape index (κ3) is 5.18. The van der Waals surface area contributed by atoms with Crippen molar-refractivity contribution in [3.05, 3.63) is 64.6 Å². The first kappa shape index (κ1) is 17.7.